The number of hydrogen-bond donors (Lipinski definition) is 4. The first-order chi connectivity index (χ1) is 20.5. The van der Waals surface area contributed by atoms with Crippen LogP contribution in [0.5, 0.6) is 0 Å². The van der Waals surface area contributed by atoms with E-state index in [0.717, 1.165) is 25.7 Å². The van der Waals surface area contributed by atoms with Crippen LogP contribution in [-0.4, -0.2) is 46.1 Å². The number of amides is 1. The molecule has 0 aromatic heterocycles. The van der Waals surface area contributed by atoms with E-state index in [2.05, 4.69) is 19.2 Å². The molecular weight excluding hydrogens is 522 g/mol. The van der Waals surface area contributed by atoms with E-state index in [1.54, 1.807) is 0 Å². The topological polar surface area (TPSA) is 89.8 Å². The molecule has 0 fully saturated rings. The van der Waals surface area contributed by atoms with Gasteiger partial charge in [-0.3, -0.25) is 4.79 Å². The molecule has 0 aromatic carbocycles. The number of rotatable bonds is 34. The summed E-state index contributed by atoms with van der Waals surface area (Å²) >= 11 is 0. The smallest absolute Gasteiger partial charge is 0.222 e. The quantitative estimate of drug-likeness (QED) is 0.0556. The Bertz CT molecular complexity index is 544. The first kappa shape index (κ1) is 41.4. The average Bonchev–Trinajstić information content (AvgIpc) is 2.98. The van der Waals surface area contributed by atoms with Crippen LogP contribution in [0.15, 0.2) is 0 Å². The van der Waals surface area contributed by atoms with E-state index in [4.69, 9.17) is 0 Å². The molecule has 42 heavy (non-hydrogen) atoms. The zero-order valence-corrected chi connectivity index (χ0v) is 28.4. The van der Waals surface area contributed by atoms with Gasteiger partial charge in [-0.05, 0) is 12.8 Å². The van der Waals surface area contributed by atoms with Gasteiger partial charge in [-0.15, -0.1) is 0 Å². The van der Waals surface area contributed by atoms with E-state index >= 15 is 0 Å². The summed E-state index contributed by atoms with van der Waals surface area (Å²) in [6.45, 7) is 4.23. The highest BCUT2D eigenvalue weighted by Crippen LogP contribution is 2.16. The van der Waals surface area contributed by atoms with Crippen LogP contribution in [0.3, 0.4) is 0 Å². The zero-order chi connectivity index (χ0) is 30.9. The molecule has 4 N–H and O–H groups in total. The van der Waals surface area contributed by atoms with Crippen molar-refractivity contribution in [1.29, 1.82) is 0 Å². The minimum absolute atomic E-state index is 0.0406. The van der Waals surface area contributed by atoms with Crippen molar-refractivity contribution in [3.8, 4) is 0 Å². The zero-order valence-electron chi connectivity index (χ0n) is 28.4. The lowest BCUT2D eigenvalue weighted by Gasteiger charge is -2.23. The summed E-state index contributed by atoms with van der Waals surface area (Å²) in [4.78, 5) is 12.3. The molecule has 0 bridgehead atoms. The highest BCUT2D eigenvalue weighted by atomic mass is 16.3. The van der Waals surface area contributed by atoms with Crippen molar-refractivity contribution < 1.29 is 20.1 Å². The van der Waals surface area contributed by atoms with Gasteiger partial charge in [-0.1, -0.05) is 187 Å². The lowest BCUT2D eigenvalue weighted by atomic mass is 10.0. The van der Waals surface area contributed by atoms with Crippen molar-refractivity contribution in [3.05, 3.63) is 0 Å². The molecule has 1 amide bonds. The van der Waals surface area contributed by atoms with Gasteiger partial charge in [0, 0.05) is 0 Å². The second-order valence-electron chi connectivity index (χ2n) is 13.2. The van der Waals surface area contributed by atoms with Crippen LogP contribution >= 0.6 is 0 Å². The predicted octanol–water partition coefficient (Wildman–Crippen LogP) is 9.93. The molecular formula is C37H75NO4. The number of unbranched alkanes of at least 4 members (excludes halogenated alkanes) is 25. The normalized spacial score (nSPS) is 13.7. The molecule has 0 radical (unpaired) electrons. The third-order valence-electron chi connectivity index (χ3n) is 8.92. The Morgan fingerprint density at radius 3 is 1.14 bits per heavy atom. The SMILES string of the molecule is CCCCCCCCCCCCCCCCCCCCCC(O)C(CO)NC(=O)CC(O)CCCCCCCCCC. The van der Waals surface area contributed by atoms with Gasteiger partial charge in [-0.2, -0.15) is 0 Å². The van der Waals surface area contributed by atoms with Crippen molar-refractivity contribution >= 4 is 5.91 Å². The lowest BCUT2D eigenvalue weighted by Crippen LogP contribution is -2.46. The monoisotopic (exact) mass is 598 g/mol. The predicted molar refractivity (Wildman–Crippen MR) is 181 cm³/mol. The number of carbonyl (C=O) groups excluding carboxylic acids is 1. The fraction of sp³-hybridized carbons (Fsp3) is 0.973. The molecule has 3 unspecified atom stereocenters. The maximum absolute atomic E-state index is 12.3. The Balaban J connectivity index is 3.58. The number of aliphatic hydroxyl groups excluding tert-OH is 3. The summed E-state index contributed by atoms with van der Waals surface area (Å²) < 4.78 is 0. The summed E-state index contributed by atoms with van der Waals surface area (Å²) in [6, 6.07) is -0.650. The molecule has 252 valence electrons. The van der Waals surface area contributed by atoms with Gasteiger partial charge in [0.25, 0.3) is 0 Å². The number of hydrogen-bond acceptors (Lipinski definition) is 4. The van der Waals surface area contributed by atoms with E-state index in [-0.39, 0.29) is 18.9 Å². The molecule has 0 aliphatic carbocycles. The van der Waals surface area contributed by atoms with Gasteiger partial charge in [0.15, 0.2) is 0 Å². The maximum atomic E-state index is 12.3. The molecule has 5 heteroatoms. The number of nitrogens with one attached hydrogen (secondary N) is 1. The van der Waals surface area contributed by atoms with Crippen molar-refractivity contribution in [3.63, 3.8) is 0 Å². The van der Waals surface area contributed by atoms with E-state index in [9.17, 15) is 20.1 Å². The number of carbonyl (C=O) groups is 1. The summed E-state index contributed by atoms with van der Waals surface area (Å²) in [6.07, 6.45) is 34.9. The van der Waals surface area contributed by atoms with E-state index in [0.29, 0.717) is 12.8 Å². The summed E-state index contributed by atoms with van der Waals surface area (Å²) in [5.41, 5.74) is 0. The molecule has 3 atom stereocenters. The fourth-order valence-corrected chi connectivity index (χ4v) is 5.99. The third kappa shape index (κ3) is 29.4. The minimum atomic E-state index is -0.741. The molecule has 0 aromatic rings. The first-order valence-electron chi connectivity index (χ1n) is 18.8. The van der Waals surface area contributed by atoms with Crippen molar-refractivity contribution in [2.75, 3.05) is 6.61 Å². The number of aliphatic hydroxyl groups is 3. The van der Waals surface area contributed by atoms with E-state index < -0.39 is 18.2 Å². The van der Waals surface area contributed by atoms with Crippen LogP contribution in [0.4, 0.5) is 0 Å². The Labute approximate surface area is 262 Å². The lowest BCUT2D eigenvalue weighted by molar-refractivity contribution is -0.125. The Hall–Kier alpha value is -0.650. The Morgan fingerprint density at radius 1 is 0.500 bits per heavy atom. The molecule has 0 rings (SSSR count). The van der Waals surface area contributed by atoms with E-state index in [1.807, 2.05) is 0 Å². The molecule has 5 nitrogen and oxygen atoms in total. The summed E-state index contributed by atoms with van der Waals surface area (Å²) in [5, 5.41) is 33.1. The molecule has 0 saturated carbocycles. The average molecular weight is 598 g/mol. The minimum Gasteiger partial charge on any atom is -0.394 e. The van der Waals surface area contributed by atoms with Crippen LogP contribution < -0.4 is 5.32 Å². The molecule has 0 spiro atoms. The van der Waals surface area contributed by atoms with Gasteiger partial charge in [0.1, 0.15) is 0 Å². The summed E-state index contributed by atoms with van der Waals surface area (Å²) in [5.74, 6) is -0.284. The van der Waals surface area contributed by atoms with Crippen LogP contribution in [0.25, 0.3) is 0 Å². The standard InChI is InChI=1S/C37H75NO4/c1-3-5-7-9-11-13-14-15-16-17-18-19-20-21-22-23-25-27-29-31-36(41)35(33-39)38-37(42)32-34(40)30-28-26-24-12-10-8-6-4-2/h34-36,39-41H,3-33H2,1-2H3,(H,38,42). The largest absolute Gasteiger partial charge is 0.394 e. The second-order valence-corrected chi connectivity index (χ2v) is 13.2. The van der Waals surface area contributed by atoms with Gasteiger partial charge in [-0.25, -0.2) is 0 Å². The molecule has 0 aliphatic rings. The Kier molecular flexibility index (Phi) is 32.7. The van der Waals surface area contributed by atoms with Gasteiger partial charge in [0.2, 0.25) is 5.91 Å². The van der Waals surface area contributed by atoms with Gasteiger partial charge >= 0.3 is 0 Å². The van der Waals surface area contributed by atoms with Gasteiger partial charge < -0.3 is 20.6 Å². The molecule has 0 heterocycles. The first-order valence-corrected chi connectivity index (χ1v) is 18.8. The molecule has 0 saturated heterocycles. The fourth-order valence-electron chi connectivity index (χ4n) is 5.99. The maximum Gasteiger partial charge on any atom is 0.222 e. The van der Waals surface area contributed by atoms with Crippen LogP contribution in [0.2, 0.25) is 0 Å². The van der Waals surface area contributed by atoms with Crippen LogP contribution in [0.1, 0.15) is 206 Å². The highest BCUT2D eigenvalue weighted by Gasteiger charge is 2.21. The van der Waals surface area contributed by atoms with Crippen molar-refractivity contribution in [2.24, 2.45) is 0 Å². The summed E-state index contributed by atoms with van der Waals surface area (Å²) in [7, 11) is 0. The van der Waals surface area contributed by atoms with Crippen LogP contribution in [0, 0.1) is 0 Å². The molecule has 0 aliphatic heterocycles. The Morgan fingerprint density at radius 2 is 0.810 bits per heavy atom. The van der Waals surface area contributed by atoms with Crippen LogP contribution in [-0.2, 0) is 4.79 Å². The van der Waals surface area contributed by atoms with Gasteiger partial charge in [0.05, 0.1) is 31.3 Å². The highest BCUT2D eigenvalue weighted by molar-refractivity contribution is 5.76. The van der Waals surface area contributed by atoms with E-state index in [1.165, 1.54) is 148 Å². The van der Waals surface area contributed by atoms with Crippen molar-refractivity contribution in [2.45, 2.75) is 225 Å². The van der Waals surface area contributed by atoms with Crippen molar-refractivity contribution in [1.82, 2.24) is 5.32 Å². The second kappa shape index (κ2) is 33.2. The third-order valence-corrected chi connectivity index (χ3v) is 8.92.